The number of halogens is 2. The summed E-state index contributed by atoms with van der Waals surface area (Å²) in [5.41, 5.74) is 8.40. The highest BCUT2D eigenvalue weighted by Gasteiger charge is 2.29. The molecule has 0 unspecified atom stereocenters. The molecule has 0 bridgehead atoms. The van der Waals surface area contributed by atoms with Crippen LogP contribution in [-0.2, 0) is 4.79 Å². The molecular formula is C22H17F2N7O. The number of nitrogens with zero attached hydrogens (tertiary/aromatic N) is 5. The highest BCUT2D eigenvalue weighted by molar-refractivity contribution is 5.94. The number of aromatic nitrogens is 5. The predicted molar refractivity (Wildman–Crippen MR) is 114 cm³/mol. The van der Waals surface area contributed by atoms with Gasteiger partial charge in [0, 0.05) is 23.4 Å². The van der Waals surface area contributed by atoms with E-state index in [9.17, 15) is 13.6 Å². The Kier molecular flexibility index (Phi) is 4.81. The number of tetrazole rings is 1. The van der Waals surface area contributed by atoms with E-state index >= 15 is 0 Å². The Balaban J connectivity index is 1.53. The third kappa shape index (κ3) is 3.66. The molecule has 2 aromatic heterocycles. The monoisotopic (exact) mass is 433 g/mol. The Labute approximate surface area is 181 Å². The SMILES string of the molecule is Nc1ncc(-c2cccc(NC(=O)C3CC3)c2)cc1-c1nnnn1-c1cccc(F)c1F. The van der Waals surface area contributed by atoms with Crippen molar-refractivity contribution in [2.24, 2.45) is 5.92 Å². The van der Waals surface area contributed by atoms with Crippen LogP contribution >= 0.6 is 0 Å². The molecule has 0 aliphatic heterocycles. The standard InChI is InChI=1S/C22H17F2N7O/c23-17-5-2-6-18(19(17)24)31-21(28-29-30-31)16-10-14(11-26-20(16)25)13-3-1-4-15(9-13)27-22(32)12-7-8-12/h1-6,9-12H,7-8H2,(H2,25,26)(H,27,32). The van der Waals surface area contributed by atoms with Gasteiger partial charge in [0.25, 0.3) is 0 Å². The normalized spacial score (nSPS) is 13.2. The van der Waals surface area contributed by atoms with Gasteiger partial charge >= 0.3 is 0 Å². The van der Waals surface area contributed by atoms with Crippen molar-refractivity contribution in [1.29, 1.82) is 0 Å². The second kappa shape index (κ2) is 7.80. The first-order chi connectivity index (χ1) is 15.5. The average Bonchev–Trinajstić information content (AvgIpc) is 3.54. The van der Waals surface area contributed by atoms with Crippen molar-refractivity contribution >= 4 is 17.4 Å². The van der Waals surface area contributed by atoms with E-state index in [1.165, 1.54) is 12.1 Å². The van der Waals surface area contributed by atoms with Crippen LogP contribution in [-0.4, -0.2) is 31.1 Å². The van der Waals surface area contributed by atoms with E-state index in [-0.39, 0.29) is 29.2 Å². The Morgan fingerprint density at radius 1 is 1.09 bits per heavy atom. The Bertz CT molecular complexity index is 1330. The second-order valence-electron chi connectivity index (χ2n) is 7.49. The largest absolute Gasteiger partial charge is 0.383 e. The zero-order valence-corrected chi connectivity index (χ0v) is 16.7. The fraction of sp³-hybridized carbons (Fsp3) is 0.136. The summed E-state index contributed by atoms with van der Waals surface area (Å²) < 4.78 is 29.1. The molecule has 10 heteroatoms. The molecule has 1 fully saturated rings. The summed E-state index contributed by atoms with van der Waals surface area (Å²) in [4.78, 5) is 16.3. The minimum atomic E-state index is -1.08. The summed E-state index contributed by atoms with van der Waals surface area (Å²) in [5.74, 6) is -1.77. The van der Waals surface area contributed by atoms with E-state index in [0.29, 0.717) is 16.8 Å². The molecule has 4 aromatic rings. The number of benzene rings is 2. The Morgan fingerprint density at radius 3 is 2.72 bits per heavy atom. The topological polar surface area (TPSA) is 112 Å². The number of carbonyl (C=O) groups excluding carboxylic acids is 1. The number of carbonyl (C=O) groups is 1. The van der Waals surface area contributed by atoms with Crippen molar-refractivity contribution < 1.29 is 13.6 Å². The molecule has 1 aliphatic carbocycles. The molecule has 0 saturated heterocycles. The molecular weight excluding hydrogens is 416 g/mol. The summed E-state index contributed by atoms with van der Waals surface area (Å²) in [6.07, 6.45) is 3.41. The summed E-state index contributed by atoms with van der Waals surface area (Å²) >= 11 is 0. The van der Waals surface area contributed by atoms with Crippen LogP contribution in [0, 0.1) is 17.6 Å². The fourth-order valence-electron chi connectivity index (χ4n) is 3.35. The second-order valence-corrected chi connectivity index (χ2v) is 7.49. The van der Waals surface area contributed by atoms with Gasteiger partial charge in [0.05, 0.1) is 5.56 Å². The molecule has 3 N–H and O–H groups in total. The summed E-state index contributed by atoms with van der Waals surface area (Å²) in [5, 5.41) is 14.3. The number of hydrogen-bond donors (Lipinski definition) is 2. The van der Waals surface area contributed by atoms with Crippen LogP contribution in [0.5, 0.6) is 0 Å². The maximum atomic E-state index is 14.3. The van der Waals surface area contributed by atoms with Crippen LogP contribution < -0.4 is 11.1 Å². The molecule has 0 atom stereocenters. The maximum absolute atomic E-state index is 14.3. The number of nitrogens with two attached hydrogens (primary N) is 1. The van der Waals surface area contributed by atoms with Crippen molar-refractivity contribution in [3.05, 3.63) is 66.4 Å². The number of hydrogen-bond acceptors (Lipinski definition) is 6. The van der Waals surface area contributed by atoms with E-state index in [4.69, 9.17) is 5.73 Å². The lowest BCUT2D eigenvalue weighted by atomic mass is 10.0. The Hall–Kier alpha value is -4.21. The van der Waals surface area contributed by atoms with Gasteiger partial charge in [0.15, 0.2) is 17.5 Å². The fourth-order valence-corrected chi connectivity index (χ4v) is 3.35. The van der Waals surface area contributed by atoms with Crippen LogP contribution in [0.3, 0.4) is 0 Å². The third-order valence-electron chi connectivity index (χ3n) is 5.20. The first-order valence-electron chi connectivity index (χ1n) is 9.91. The molecule has 1 amide bonds. The molecule has 1 aliphatic rings. The van der Waals surface area contributed by atoms with Gasteiger partial charge in [-0.25, -0.2) is 13.8 Å². The number of nitrogens with one attached hydrogen (secondary N) is 1. The van der Waals surface area contributed by atoms with Crippen LogP contribution in [0.1, 0.15) is 12.8 Å². The van der Waals surface area contributed by atoms with E-state index in [1.807, 2.05) is 24.3 Å². The summed E-state index contributed by atoms with van der Waals surface area (Å²) in [6.45, 7) is 0. The van der Waals surface area contributed by atoms with Crippen molar-refractivity contribution in [3.63, 3.8) is 0 Å². The highest BCUT2D eigenvalue weighted by atomic mass is 19.2. The van der Waals surface area contributed by atoms with Crippen molar-refractivity contribution in [1.82, 2.24) is 25.2 Å². The highest BCUT2D eigenvalue weighted by Crippen LogP contribution is 2.32. The molecule has 0 radical (unpaired) electrons. The van der Waals surface area contributed by atoms with Gasteiger partial charge in [0.1, 0.15) is 11.5 Å². The van der Waals surface area contributed by atoms with Crippen LogP contribution in [0.25, 0.3) is 28.2 Å². The molecule has 2 heterocycles. The molecule has 8 nitrogen and oxygen atoms in total. The lowest BCUT2D eigenvalue weighted by Gasteiger charge is -2.11. The van der Waals surface area contributed by atoms with E-state index in [2.05, 4.69) is 25.8 Å². The van der Waals surface area contributed by atoms with Crippen molar-refractivity contribution in [3.8, 4) is 28.2 Å². The van der Waals surface area contributed by atoms with Gasteiger partial charge in [-0.05, 0) is 59.2 Å². The van der Waals surface area contributed by atoms with E-state index in [1.54, 1.807) is 12.3 Å². The number of nitrogen functional groups attached to an aromatic ring is 1. The molecule has 1 saturated carbocycles. The number of pyridine rings is 1. The number of anilines is 2. The van der Waals surface area contributed by atoms with Gasteiger partial charge < -0.3 is 11.1 Å². The quantitative estimate of drug-likeness (QED) is 0.497. The van der Waals surface area contributed by atoms with Gasteiger partial charge in [-0.15, -0.1) is 5.10 Å². The van der Waals surface area contributed by atoms with E-state index in [0.717, 1.165) is 29.2 Å². The first kappa shape index (κ1) is 19.7. The van der Waals surface area contributed by atoms with Crippen molar-refractivity contribution in [2.45, 2.75) is 12.8 Å². The lowest BCUT2D eigenvalue weighted by Crippen LogP contribution is -2.13. The van der Waals surface area contributed by atoms with Gasteiger partial charge in [-0.2, -0.15) is 4.68 Å². The zero-order valence-electron chi connectivity index (χ0n) is 16.7. The third-order valence-corrected chi connectivity index (χ3v) is 5.20. The van der Waals surface area contributed by atoms with Gasteiger partial charge in [-0.1, -0.05) is 18.2 Å². The minimum Gasteiger partial charge on any atom is -0.383 e. The molecule has 160 valence electrons. The number of amides is 1. The molecule has 0 spiro atoms. The van der Waals surface area contributed by atoms with E-state index < -0.39 is 11.6 Å². The van der Waals surface area contributed by atoms with Crippen molar-refractivity contribution in [2.75, 3.05) is 11.1 Å². The molecule has 32 heavy (non-hydrogen) atoms. The minimum absolute atomic E-state index is 0.00886. The average molecular weight is 433 g/mol. The van der Waals surface area contributed by atoms with Crippen LogP contribution in [0.4, 0.5) is 20.3 Å². The predicted octanol–water partition coefficient (Wildman–Crippen LogP) is 3.60. The summed E-state index contributed by atoms with van der Waals surface area (Å²) in [7, 11) is 0. The lowest BCUT2D eigenvalue weighted by molar-refractivity contribution is -0.117. The molecule has 2 aromatic carbocycles. The molecule has 5 rings (SSSR count). The maximum Gasteiger partial charge on any atom is 0.227 e. The number of rotatable bonds is 5. The Morgan fingerprint density at radius 2 is 1.91 bits per heavy atom. The zero-order chi connectivity index (χ0) is 22.2. The smallest absolute Gasteiger partial charge is 0.227 e. The van der Waals surface area contributed by atoms with Gasteiger partial charge in [-0.3, -0.25) is 4.79 Å². The van der Waals surface area contributed by atoms with Crippen LogP contribution in [0.2, 0.25) is 0 Å². The van der Waals surface area contributed by atoms with Gasteiger partial charge in [0.2, 0.25) is 5.91 Å². The van der Waals surface area contributed by atoms with Crippen LogP contribution in [0.15, 0.2) is 54.7 Å². The first-order valence-corrected chi connectivity index (χ1v) is 9.91. The summed E-state index contributed by atoms with van der Waals surface area (Å²) in [6, 6.07) is 12.8.